The average molecular weight is 552 g/mol. The van der Waals surface area contributed by atoms with Crippen molar-refractivity contribution in [1.82, 2.24) is 10.6 Å². The summed E-state index contributed by atoms with van der Waals surface area (Å²) in [5.41, 5.74) is 2.94. The van der Waals surface area contributed by atoms with Crippen molar-refractivity contribution in [2.75, 3.05) is 32.1 Å². The molecule has 0 aliphatic carbocycles. The quantitative estimate of drug-likeness (QED) is 0.251. The minimum atomic E-state index is -0.338. The van der Waals surface area contributed by atoms with Crippen molar-refractivity contribution >= 4 is 41.5 Å². The number of benzene rings is 2. The van der Waals surface area contributed by atoms with Gasteiger partial charge in [-0.05, 0) is 55.5 Å². The van der Waals surface area contributed by atoms with E-state index in [1.807, 2.05) is 49.4 Å². The van der Waals surface area contributed by atoms with Gasteiger partial charge in [0.25, 0.3) is 5.91 Å². The third-order valence-electron chi connectivity index (χ3n) is 5.06. The Morgan fingerprint density at radius 2 is 2.03 bits per heavy atom. The molecule has 2 aromatic rings. The maximum atomic E-state index is 12.3. The van der Waals surface area contributed by atoms with Crippen LogP contribution >= 0.6 is 24.0 Å². The van der Waals surface area contributed by atoms with E-state index in [2.05, 4.69) is 27.0 Å². The van der Waals surface area contributed by atoms with Crippen LogP contribution in [0.5, 0.6) is 5.75 Å². The molecule has 1 fully saturated rings. The van der Waals surface area contributed by atoms with Gasteiger partial charge in [-0.15, -0.1) is 24.0 Å². The third-order valence-corrected chi connectivity index (χ3v) is 5.06. The van der Waals surface area contributed by atoms with Crippen molar-refractivity contribution in [3.05, 3.63) is 59.7 Å². The fraction of sp³-hybridized carbons (Fsp3) is 0.417. The maximum absolute atomic E-state index is 12.3. The molecule has 1 heterocycles. The summed E-state index contributed by atoms with van der Waals surface area (Å²) in [7, 11) is 1.69. The molecule has 3 N–H and O–H groups in total. The molecule has 1 unspecified atom stereocenters. The van der Waals surface area contributed by atoms with Gasteiger partial charge >= 0.3 is 0 Å². The summed E-state index contributed by atoms with van der Waals surface area (Å²) in [6.45, 7) is 4.72. The lowest BCUT2D eigenvalue weighted by Crippen LogP contribution is -2.38. The van der Waals surface area contributed by atoms with Crippen LogP contribution in [0.2, 0.25) is 0 Å². The van der Waals surface area contributed by atoms with Crippen LogP contribution in [0.4, 0.5) is 5.69 Å². The Labute approximate surface area is 207 Å². The zero-order chi connectivity index (χ0) is 21.9. The van der Waals surface area contributed by atoms with E-state index in [1.165, 1.54) is 0 Å². The number of methoxy groups -OCH3 is 1. The highest BCUT2D eigenvalue weighted by molar-refractivity contribution is 14.0. The van der Waals surface area contributed by atoms with Crippen LogP contribution in [0.1, 0.15) is 30.9 Å². The van der Waals surface area contributed by atoms with Crippen LogP contribution < -0.4 is 20.7 Å². The van der Waals surface area contributed by atoms with Gasteiger partial charge in [0.05, 0.1) is 13.7 Å². The number of carbonyl (C=O) groups is 1. The molecule has 7 nitrogen and oxygen atoms in total. The number of aliphatic imine (C=N–C) groups is 1. The van der Waals surface area contributed by atoms with Crippen LogP contribution in [0.15, 0.2) is 53.5 Å². The molecule has 32 heavy (non-hydrogen) atoms. The lowest BCUT2D eigenvalue weighted by molar-refractivity contribution is -0.124. The molecule has 0 aromatic heterocycles. The standard InChI is InChI=1S/C24H32N4O3.HI/c1-3-25-24(26-14-13-19-9-4-5-11-21(19)30-2)27-17-18-8-6-10-20(16-18)28-23(29)22-12-7-15-31-22;/h4-6,8-11,16,22H,3,7,12-15,17H2,1-2H3,(H,28,29)(H2,25,26,27);1H. The molecular weight excluding hydrogens is 519 g/mol. The summed E-state index contributed by atoms with van der Waals surface area (Å²) in [6, 6.07) is 15.8. The fourth-order valence-corrected chi connectivity index (χ4v) is 3.49. The van der Waals surface area contributed by atoms with E-state index < -0.39 is 0 Å². The second kappa shape index (κ2) is 13.9. The molecule has 1 aliphatic heterocycles. The average Bonchev–Trinajstić information content (AvgIpc) is 3.33. The van der Waals surface area contributed by atoms with Crippen LogP contribution in [0.25, 0.3) is 0 Å². The van der Waals surface area contributed by atoms with Gasteiger partial charge in [0, 0.05) is 25.4 Å². The van der Waals surface area contributed by atoms with Crippen molar-refractivity contribution in [2.45, 2.75) is 38.8 Å². The van der Waals surface area contributed by atoms with Gasteiger partial charge in [-0.2, -0.15) is 0 Å². The normalized spacial score (nSPS) is 15.6. The van der Waals surface area contributed by atoms with E-state index in [0.29, 0.717) is 13.2 Å². The number of anilines is 1. The maximum Gasteiger partial charge on any atom is 0.253 e. The number of rotatable bonds is 9. The van der Waals surface area contributed by atoms with Gasteiger partial charge in [0.2, 0.25) is 0 Å². The molecule has 1 atom stereocenters. The predicted molar refractivity (Wildman–Crippen MR) is 139 cm³/mol. The summed E-state index contributed by atoms with van der Waals surface area (Å²) in [6.07, 6.45) is 2.21. The Balaban J connectivity index is 0.00000363. The van der Waals surface area contributed by atoms with E-state index in [4.69, 9.17) is 9.47 Å². The smallest absolute Gasteiger partial charge is 0.253 e. The Morgan fingerprint density at radius 3 is 2.78 bits per heavy atom. The molecule has 1 amide bonds. The number of halogens is 1. The summed E-state index contributed by atoms with van der Waals surface area (Å²) in [4.78, 5) is 16.9. The molecule has 0 saturated carbocycles. The van der Waals surface area contributed by atoms with E-state index >= 15 is 0 Å². The van der Waals surface area contributed by atoms with Crippen molar-refractivity contribution in [1.29, 1.82) is 0 Å². The number of hydrogen-bond donors (Lipinski definition) is 3. The molecule has 0 spiro atoms. The first-order valence-electron chi connectivity index (χ1n) is 10.8. The predicted octanol–water partition coefficient (Wildman–Crippen LogP) is 3.73. The summed E-state index contributed by atoms with van der Waals surface area (Å²) in [5, 5.41) is 9.59. The van der Waals surface area contributed by atoms with E-state index in [9.17, 15) is 4.79 Å². The second-order valence-electron chi connectivity index (χ2n) is 7.38. The zero-order valence-corrected chi connectivity index (χ0v) is 21.1. The molecule has 174 valence electrons. The fourth-order valence-electron chi connectivity index (χ4n) is 3.49. The number of nitrogens with zero attached hydrogens (tertiary/aromatic N) is 1. The van der Waals surface area contributed by atoms with Gasteiger partial charge in [-0.1, -0.05) is 30.3 Å². The number of carbonyl (C=O) groups excluding carboxylic acids is 1. The second-order valence-corrected chi connectivity index (χ2v) is 7.38. The van der Waals surface area contributed by atoms with Crippen molar-refractivity contribution in [3.63, 3.8) is 0 Å². The largest absolute Gasteiger partial charge is 0.496 e. The minimum absolute atomic E-state index is 0. The highest BCUT2D eigenvalue weighted by Gasteiger charge is 2.23. The lowest BCUT2D eigenvalue weighted by atomic mass is 10.1. The van der Waals surface area contributed by atoms with Crippen molar-refractivity contribution in [2.24, 2.45) is 4.99 Å². The first-order chi connectivity index (χ1) is 15.2. The zero-order valence-electron chi connectivity index (χ0n) is 18.7. The number of nitrogens with one attached hydrogen (secondary N) is 3. The van der Waals surface area contributed by atoms with E-state index in [0.717, 1.165) is 60.9 Å². The van der Waals surface area contributed by atoms with Crippen molar-refractivity contribution < 1.29 is 14.3 Å². The molecule has 1 aliphatic rings. The van der Waals surface area contributed by atoms with Gasteiger partial charge in [-0.3, -0.25) is 4.79 Å². The third kappa shape index (κ3) is 7.98. The molecule has 2 aromatic carbocycles. The molecule has 8 heteroatoms. The Morgan fingerprint density at radius 1 is 1.19 bits per heavy atom. The first kappa shape index (κ1) is 25.9. The van der Waals surface area contributed by atoms with Gasteiger partial charge in [-0.25, -0.2) is 4.99 Å². The Bertz CT molecular complexity index is 885. The molecule has 0 bridgehead atoms. The number of guanidine groups is 1. The number of ether oxygens (including phenoxy) is 2. The lowest BCUT2D eigenvalue weighted by Gasteiger charge is -2.13. The van der Waals surface area contributed by atoms with Crippen LogP contribution in [-0.4, -0.2) is 44.8 Å². The summed E-state index contributed by atoms with van der Waals surface area (Å²) >= 11 is 0. The Hall–Kier alpha value is -2.33. The SMILES string of the molecule is CCNC(=NCc1cccc(NC(=O)C2CCCO2)c1)NCCc1ccccc1OC.I. The summed E-state index contributed by atoms with van der Waals surface area (Å²) in [5.74, 6) is 1.57. The van der Waals surface area contributed by atoms with E-state index in [1.54, 1.807) is 7.11 Å². The molecule has 0 radical (unpaired) electrons. The topological polar surface area (TPSA) is 84.0 Å². The minimum Gasteiger partial charge on any atom is -0.496 e. The van der Waals surface area contributed by atoms with Gasteiger partial charge < -0.3 is 25.4 Å². The van der Waals surface area contributed by atoms with Crippen molar-refractivity contribution in [3.8, 4) is 5.75 Å². The monoisotopic (exact) mass is 552 g/mol. The number of amides is 1. The summed E-state index contributed by atoms with van der Waals surface area (Å²) < 4.78 is 10.9. The Kier molecular flexibility index (Phi) is 11.3. The molecular formula is C24H33IN4O3. The number of para-hydroxylation sites is 1. The first-order valence-corrected chi connectivity index (χ1v) is 10.8. The highest BCUT2D eigenvalue weighted by Crippen LogP contribution is 2.18. The van der Waals surface area contributed by atoms with E-state index in [-0.39, 0.29) is 36.0 Å². The van der Waals surface area contributed by atoms with Crippen LogP contribution in [0.3, 0.4) is 0 Å². The highest BCUT2D eigenvalue weighted by atomic mass is 127. The number of hydrogen-bond acceptors (Lipinski definition) is 4. The van der Waals surface area contributed by atoms with Gasteiger partial charge in [0.15, 0.2) is 5.96 Å². The van der Waals surface area contributed by atoms with Crippen LogP contribution in [-0.2, 0) is 22.5 Å². The van der Waals surface area contributed by atoms with Gasteiger partial charge in [0.1, 0.15) is 11.9 Å². The molecule has 3 rings (SSSR count). The van der Waals surface area contributed by atoms with Crippen LogP contribution in [0, 0.1) is 0 Å². The molecule has 1 saturated heterocycles.